The molecule has 0 aromatic heterocycles. The van der Waals surface area contributed by atoms with Gasteiger partial charge in [-0.05, 0) is 19.3 Å². The maximum absolute atomic E-state index is 11.4. The minimum Gasteiger partial charge on any atom is -0.480 e. The summed E-state index contributed by atoms with van der Waals surface area (Å²) in [7, 11) is 0. The number of carboxylic acid groups (broad SMARTS) is 1. The van der Waals surface area contributed by atoms with Gasteiger partial charge in [0, 0.05) is 13.0 Å². The second-order valence-electron chi connectivity index (χ2n) is 4.01. The molecule has 0 aliphatic carbocycles. The van der Waals surface area contributed by atoms with Crippen LogP contribution < -0.4 is 16.8 Å². The second-order valence-corrected chi connectivity index (χ2v) is 4.01. The van der Waals surface area contributed by atoms with Gasteiger partial charge in [-0.25, -0.2) is 4.79 Å². The zero-order chi connectivity index (χ0) is 14.0. The number of amides is 1. The van der Waals surface area contributed by atoms with E-state index in [0.717, 1.165) is 12.8 Å². The third-order valence-electron chi connectivity index (χ3n) is 2.34. The maximum Gasteiger partial charge on any atom is 0.326 e. The predicted molar refractivity (Wildman–Crippen MR) is 69.0 cm³/mol. The first-order chi connectivity index (χ1) is 8.47. The van der Waals surface area contributed by atoms with Crippen molar-refractivity contribution in [3.63, 3.8) is 0 Å². The van der Waals surface area contributed by atoms with Crippen molar-refractivity contribution in [2.24, 2.45) is 16.5 Å². The fraction of sp³-hybridized carbons (Fsp3) is 0.727. The fourth-order valence-electron chi connectivity index (χ4n) is 1.36. The summed E-state index contributed by atoms with van der Waals surface area (Å²) in [4.78, 5) is 26.1. The summed E-state index contributed by atoms with van der Waals surface area (Å²) < 4.78 is 0. The van der Waals surface area contributed by atoms with E-state index in [0.29, 0.717) is 25.8 Å². The van der Waals surface area contributed by atoms with Crippen LogP contribution in [-0.2, 0) is 9.59 Å². The van der Waals surface area contributed by atoms with Crippen LogP contribution in [-0.4, -0.2) is 35.5 Å². The lowest BCUT2D eigenvalue weighted by Crippen LogP contribution is -2.40. The Kier molecular flexibility index (Phi) is 8.34. The van der Waals surface area contributed by atoms with Crippen LogP contribution in [0.5, 0.6) is 0 Å². The van der Waals surface area contributed by atoms with Gasteiger partial charge in [0.25, 0.3) is 0 Å². The number of hydrogen-bond acceptors (Lipinski definition) is 3. The minimum absolute atomic E-state index is 0.0196. The van der Waals surface area contributed by atoms with Crippen LogP contribution in [0.4, 0.5) is 0 Å². The van der Waals surface area contributed by atoms with E-state index in [-0.39, 0.29) is 11.9 Å². The van der Waals surface area contributed by atoms with Crippen molar-refractivity contribution < 1.29 is 14.7 Å². The summed E-state index contributed by atoms with van der Waals surface area (Å²) in [6.45, 7) is 2.33. The van der Waals surface area contributed by atoms with Gasteiger partial charge in [-0.3, -0.25) is 9.79 Å². The number of unbranched alkanes of at least 4 members (excludes halogenated alkanes) is 1. The van der Waals surface area contributed by atoms with Gasteiger partial charge in [0.2, 0.25) is 5.91 Å². The zero-order valence-electron chi connectivity index (χ0n) is 10.7. The van der Waals surface area contributed by atoms with Crippen molar-refractivity contribution in [3.05, 3.63) is 0 Å². The summed E-state index contributed by atoms with van der Waals surface area (Å²) in [6.07, 6.45) is 2.82. The Bertz CT molecular complexity index is 301. The standard InChI is InChI=1S/C11H22N4O3/c1-2-3-6-9(16)15-8(10(17)18)5-4-7-14-11(12)13/h8H,2-7H2,1H3,(H,15,16)(H,17,18)(H4,12,13,14)/t8-/m0/s1. The highest BCUT2D eigenvalue weighted by atomic mass is 16.4. The molecular formula is C11H22N4O3. The SMILES string of the molecule is CCCCC(=O)N[C@@H](CCCN=C(N)N)C(=O)O. The van der Waals surface area contributed by atoms with Gasteiger partial charge >= 0.3 is 5.97 Å². The predicted octanol–water partition coefficient (Wildman–Crippen LogP) is -0.200. The Hall–Kier alpha value is -1.79. The fourth-order valence-corrected chi connectivity index (χ4v) is 1.36. The molecule has 0 saturated carbocycles. The van der Waals surface area contributed by atoms with Crippen LogP contribution in [0.3, 0.4) is 0 Å². The van der Waals surface area contributed by atoms with Gasteiger partial charge < -0.3 is 21.9 Å². The molecule has 0 spiro atoms. The van der Waals surface area contributed by atoms with E-state index in [2.05, 4.69) is 10.3 Å². The van der Waals surface area contributed by atoms with Crippen molar-refractivity contribution in [1.82, 2.24) is 5.32 Å². The molecule has 0 saturated heterocycles. The van der Waals surface area contributed by atoms with Crippen LogP contribution in [0, 0.1) is 0 Å². The zero-order valence-corrected chi connectivity index (χ0v) is 10.7. The molecule has 0 heterocycles. The number of nitrogens with zero attached hydrogens (tertiary/aromatic N) is 1. The molecule has 1 atom stereocenters. The van der Waals surface area contributed by atoms with E-state index in [9.17, 15) is 9.59 Å². The quantitative estimate of drug-likeness (QED) is 0.258. The molecule has 0 fully saturated rings. The maximum atomic E-state index is 11.4. The van der Waals surface area contributed by atoms with Gasteiger partial charge in [-0.15, -0.1) is 0 Å². The Morgan fingerprint density at radius 1 is 1.33 bits per heavy atom. The van der Waals surface area contributed by atoms with Crippen LogP contribution >= 0.6 is 0 Å². The lowest BCUT2D eigenvalue weighted by Gasteiger charge is -2.13. The first-order valence-electron chi connectivity index (χ1n) is 6.05. The summed E-state index contributed by atoms with van der Waals surface area (Å²) in [5, 5.41) is 11.4. The highest BCUT2D eigenvalue weighted by Crippen LogP contribution is 2.01. The lowest BCUT2D eigenvalue weighted by atomic mass is 10.1. The molecule has 0 unspecified atom stereocenters. The number of nitrogens with one attached hydrogen (secondary N) is 1. The highest BCUT2D eigenvalue weighted by molar-refractivity contribution is 5.83. The molecule has 0 radical (unpaired) electrons. The van der Waals surface area contributed by atoms with Crippen molar-refractivity contribution in [3.8, 4) is 0 Å². The van der Waals surface area contributed by atoms with Gasteiger partial charge in [0.1, 0.15) is 6.04 Å². The molecule has 0 rings (SSSR count). The average molecular weight is 258 g/mol. The molecule has 0 aromatic rings. The number of carbonyl (C=O) groups is 2. The van der Waals surface area contributed by atoms with Crippen molar-refractivity contribution in [2.75, 3.05) is 6.54 Å². The number of rotatable bonds is 9. The number of hydrogen-bond donors (Lipinski definition) is 4. The third kappa shape index (κ3) is 8.37. The average Bonchev–Trinajstić information content (AvgIpc) is 2.29. The Balaban J connectivity index is 4.03. The lowest BCUT2D eigenvalue weighted by molar-refractivity contribution is -0.142. The Morgan fingerprint density at radius 2 is 2.00 bits per heavy atom. The molecule has 0 aliphatic heterocycles. The smallest absolute Gasteiger partial charge is 0.326 e. The van der Waals surface area contributed by atoms with Crippen molar-refractivity contribution in [2.45, 2.75) is 45.1 Å². The first kappa shape index (κ1) is 16.2. The molecule has 6 N–H and O–H groups in total. The number of carboxylic acids is 1. The van der Waals surface area contributed by atoms with Gasteiger partial charge in [-0.1, -0.05) is 13.3 Å². The minimum atomic E-state index is -1.04. The number of aliphatic carboxylic acids is 1. The topological polar surface area (TPSA) is 131 Å². The number of nitrogens with two attached hydrogens (primary N) is 2. The first-order valence-corrected chi connectivity index (χ1v) is 6.05. The molecule has 0 aromatic carbocycles. The molecule has 7 heteroatoms. The Labute approximate surface area is 107 Å². The Morgan fingerprint density at radius 3 is 2.50 bits per heavy atom. The van der Waals surface area contributed by atoms with Crippen molar-refractivity contribution in [1.29, 1.82) is 0 Å². The molecule has 104 valence electrons. The van der Waals surface area contributed by atoms with Crippen LogP contribution in [0.2, 0.25) is 0 Å². The van der Waals surface area contributed by atoms with Crippen molar-refractivity contribution >= 4 is 17.8 Å². The normalized spacial score (nSPS) is 11.6. The van der Waals surface area contributed by atoms with Crippen LogP contribution in [0.1, 0.15) is 39.0 Å². The highest BCUT2D eigenvalue weighted by Gasteiger charge is 2.18. The molecule has 1 amide bonds. The molecule has 7 nitrogen and oxygen atoms in total. The number of carbonyl (C=O) groups excluding carboxylic acids is 1. The van der Waals surface area contributed by atoms with E-state index in [1.54, 1.807) is 0 Å². The van der Waals surface area contributed by atoms with E-state index in [1.807, 2.05) is 6.92 Å². The molecule has 0 bridgehead atoms. The molecule has 18 heavy (non-hydrogen) atoms. The monoisotopic (exact) mass is 258 g/mol. The second kappa shape index (κ2) is 9.26. The van der Waals surface area contributed by atoms with Gasteiger partial charge in [0.15, 0.2) is 5.96 Å². The van der Waals surface area contributed by atoms with Crippen LogP contribution in [0.25, 0.3) is 0 Å². The molecule has 0 aliphatic rings. The van der Waals surface area contributed by atoms with Gasteiger partial charge in [-0.2, -0.15) is 0 Å². The number of guanidine groups is 1. The summed E-state index contributed by atoms with van der Waals surface area (Å²) in [5.41, 5.74) is 10.3. The summed E-state index contributed by atoms with van der Waals surface area (Å²) in [6, 6.07) is -0.872. The summed E-state index contributed by atoms with van der Waals surface area (Å²) in [5.74, 6) is -1.29. The van der Waals surface area contributed by atoms with E-state index in [1.165, 1.54) is 0 Å². The largest absolute Gasteiger partial charge is 0.480 e. The van der Waals surface area contributed by atoms with E-state index < -0.39 is 12.0 Å². The number of aliphatic imine (C=N–C) groups is 1. The molecular weight excluding hydrogens is 236 g/mol. The van der Waals surface area contributed by atoms with E-state index >= 15 is 0 Å². The van der Waals surface area contributed by atoms with Gasteiger partial charge in [0.05, 0.1) is 0 Å². The third-order valence-corrected chi connectivity index (χ3v) is 2.34. The summed E-state index contributed by atoms with van der Waals surface area (Å²) >= 11 is 0. The van der Waals surface area contributed by atoms with Crippen LogP contribution in [0.15, 0.2) is 4.99 Å². The van der Waals surface area contributed by atoms with E-state index in [4.69, 9.17) is 16.6 Å².